The van der Waals surface area contributed by atoms with Gasteiger partial charge in [-0.1, -0.05) is 60.7 Å². The first kappa shape index (κ1) is 22.8. The average molecular weight is 424 g/mol. The third-order valence-corrected chi connectivity index (χ3v) is 5.41. The Bertz CT molecular complexity index is 880. The molecule has 2 atom stereocenters. The van der Waals surface area contributed by atoms with Crippen LogP contribution in [0.4, 0.5) is 4.79 Å². The van der Waals surface area contributed by atoms with Crippen LogP contribution >= 0.6 is 0 Å². The monoisotopic (exact) mass is 423 g/mol. The SMILES string of the molecule is CC(C)(C)OC(=O)NC(C)(C(=O)NC1CCN(Cc2ccccc2)C1)c1ccccc1. The maximum absolute atomic E-state index is 13.4. The van der Waals surface area contributed by atoms with Crippen LogP contribution in [-0.4, -0.2) is 41.6 Å². The first-order valence-electron chi connectivity index (χ1n) is 10.8. The van der Waals surface area contributed by atoms with Gasteiger partial charge in [0.2, 0.25) is 0 Å². The number of benzene rings is 2. The van der Waals surface area contributed by atoms with E-state index in [1.165, 1.54) is 5.56 Å². The Hall–Kier alpha value is -2.86. The summed E-state index contributed by atoms with van der Waals surface area (Å²) in [5.41, 5.74) is 0.0746. The number of amides is 2. The molecule has 3 rings (SSSR count). The van der Waals surface area contributed by atoms with Crippen LogP contribution in [0.15, 0.2) is 60.7 Å². The van der Waals surface area contributed by atoms with Gasteiger partial charge in [0.15, 0.2) is 0 Å². The molecule has 2 N–H and O–H groups in total. The molecule has 6 heteroatoms. The van der Waals surface area contributed by atoms with Crippen molar-refractivity contribution in [3.8, 4) is 0 Å². The van der Waals surface area contributed by atoms with Crippen LogP contribution in [0.25, 0.3) is 0 Å². The molecule has 1 fully saturated rings. The molecule has 0 bridgehead atoms. The molecule has 2 unspecified atom stereocenters. The Kier molecular flexibility index (Phi) is 7.01. The van der Waals surface area contributed by atoms with E-state index >= 15 is 0 Å². The van der Waals surface area contributed by atoms with Crippen molar-refractivity contribution in [2.75, 3.05) is 13.1 Å². The van der Waals surface area contributed by atoms with Crippen molar-refractivity contribution in [3.05, 3.63) is 71.8 Å². The molecule has 1 aliphatic heterocycles. The van der Waals surface area contributed by atoms with Crippen molar-refractivity contribution < 1.29 is 14.3 Å². The summed E-state index contributed by atoms with van der Waals surface area (Å²) in [6.07, 6.45) is 0.252. The van der Waals surface area contributed by atoms with Gasteiger partial charge in [0.25, 0.3) is 5.91 Å². The number of hydrogen-bond donors (Lipinski definition) is 2. The number of rotatable bonds is 6. The molecule has 0 aliphatic carbocycles. The number of nitrogens with one attached hydrogen (secondary N) is 2. The summed E-state index contributed by atoms with van der Waals surface area (Å²) in [4.78, 5) is 28.2. The van der Waals surface area contributed by atoms with Gasteiger partial charge in [-0.25, -0.2) is 4.79 Å². The standard InChI is InChI=1S/C25H33N3O3/c1-24(2,3)31-23(30)27-25(4,20-13-9-6-10-14-20)22(29)26-21-15-16-28(18-21)17-19-11-7-5-8-12-19/h5-14,21H,15-18H2,1-4H3,(H,26,29)(H,27,30). The number of nitrogens with zero attached hydrogens (tertiary/aromatic N) is 1. The highest BCUT2D eigenvalue weighted by Gasteiger charge is 2.39. The zero-order valence-electron chi connectivity index (χ0n) is 18.9. The van der Waals surface area contributed by atoms with Gasteiger partial charge in [-0.2, -0.15) is 0 Å². The summed E-state index contributed by atoms with van der Waals surface area (Å²) in [7, 11) is 0. The highest BCUT2D eigenvalue weighted by molar-refractivity contribution is 5.91. The molecule has 0 aromatic heterocycles. The van der Waals surface area contributed by atoms with E-state index in [-0.39, 0.29) is 11.9 Å². The molecule has 0 spiro atoms. The third kappa shape index (κ3) is 6.31. The van der Waals surface area contributed by atoms with Crippen LogP contribution in [0.3, 0.4) is 0 Å². The van der Waals surface area contributed by atoms with Crippen LogP contribution in [-0.2, 0) is 21.6 Å². The molecule has 0 radical (unpaired) electrons. The normalized spacial score (nSPS) is 18.8. The third-order valence-electron chi connectivity index (χ3n) is 5.41. The molecule has 2 aromatic carbocycles. The number of hydrogen-bond acceptors (Lipinski definition) is 4. The predicted octanol–water partition coefficient (Wildman–Crippen LogP) is 3.82. The number of likely N-dealkylation sites (tertiary alicyclic amines) is 1. The van der Waals surface area contributed by atoms with Crippen molar-refractivity contribution in [2.24, 2.45) is 0 Å². The fraction of sp³-hybridized carbons (Fsp3) is 0.440. The molecule has 1 heterocycles. The number of ether oxygens (including phenoxy) is 1. The molecule has 1 saturated heterocycles. The Labute approximate surface area is 185 Å². The summed E-state index contributed by atoms with van der Waals surface area (Å²) >= 11 is 0. The number of carbonyl (C=O) groups excluding carboxylic acids is 2. The lowest BCUT2D eigenvalue weighted by Crippen LogP contribution is -2.57. The maximum Gasteiger partial charge on any atom is 0.408 e. The van der Waals surface area contributed by atoms with Crippen molar-refractivity contribution in [3.63, 3.8) is 0 Å². The lowest BCUT2D eigenvalue weighted by molar-refractivity contribution is -0.128. The van der Waals surface area contributed by atoms with Gasteiger partial charge >= 0.3 is 6.09 Å². The maximum atomic E-state index is 13.4. The Morgan fingerprint density at radius 2 is 1.61 bits per heavy atom. The largest absolute Gasteiger partial charge is 0.444 e. The Morgan fingerprint density at radius 1 is 1.00 bits per heavy atom. The van der Waals surface area contributed by atoms with Crippen LogP contribution in [0, 0.1) is 0 Å². The first-order chi connectivity index (χ1) is 14.7. The molecule has 31 heavy (non-hydrogen) atoms. The summed E-state index contributed by atoms with van der Waals surface area (Å²) < 4.78 is 5.42. The highest BCUT2D eigenvalue weighted by atomic mass is 16.6. The molecule has 2 amide bonds. The second-order valence-electron chi connectivity index (χ2n) is 9.30. The summed E-state index contributed by atoms with van der Waals surface area (Å²) in [5.74, 6) is -0.240. The van der Waals surface area contributed by atoms with Crippen molar-refractivity contribution in [2.45, 2.75) is 57.8 Å². The van der Waals surface area contributed by atoms with E-state index in [9.17, 15) is 9.59 Å². The summed E-state index contributed by atoms with van der Waals surface area (Å²) in [6.45, 7) is 9.67. The van der Waals surface area contributed by atoms with Gasteiger partial charge in [0.05, 0.1) is 0 Å². The van der Waals surface area contributed by atoms with E-state index in [1.54, 1.807) is 27.7 Å². The minimum Gasteiger partial charge on any atom is -0.444 e. The zero-order chi connectivity index (χ0) is 22.5. The second kappa shape index (κ2) is 9.52. The topological polar surface area (TPSA) is 70.7 Å². The molecule has 0 saturated carbocycles. The lowest BCUT2D eigenvalue weighted by atomic mass is 9.90. The smallest absolute Gasteiger partial charge is 0.408 e. The van der Waals surface area contributed by atoms with E-state index in [0.717, 1.165) is 26.1 Å². The van der Waals surface area contributed by atoms with Crippen LogP contribution < -0.4 is 10.6 Å². The van der Waals surface area contributed by atoms with Gasteiger partial charge in [-0.3, -0.25) is 9.69 Å². The minimum atomic E-state index is -1.24. The fourth-order valence-electron chi connectivity index (χ4n) is 3.80. The number of alkyl carbamates (subject to hydrolysis) is 1. The Morgan fingerprint density at radius 3 is 2.23 bits per heavy atom. The van der Waals surface area contributed by atoms with Crippen molar-refractivity contribution >= 4 is 12.0 Å². The van der Waals surface area contributed by atoms with Gasteiger partial charge < -0.3 is 15.4 Å². The zero-order valence-corrected chi connectivity index (χ0v) is 18.9. The summed E-state index contributed by atoms with van der Waals surface area (Å²) in [6, 6.07) is 19.6. The van der Waals surface area contributed by atoms with E-state index in [0.29, 0.717) is 5.56 Å². The van der Waals surface area contributed by atoms with Crippen LogP contribution in [0.2, 0.25) is 0 Å². The van der Waals surface area contributed by atoms with E-state index < -0.39 is 17.2 Å². The minimum absolute atomic E-state index is 0.0275. The quantitative estimate of drug-likeness (QED) is 0.741. The predicted molar refractivity (Wildman–Crippen MR) is 121 cm³/mol. The molecule has 6 nitrogen and oxygen atoms in total. The molecular weight excluding hydrogens is 390 g/mol. The van der Waals surface area contributed by atoms with Crippen LogP contribution in [0.5, 0.6) is 0 Å². The van der Waals surface area contributed by atoms with Gasteiger partial charge in [-0.15, -0.1) is 0 Å². The van der Waals surface area contributed by atoms with Gasteiger partial charge in [-0.05, 0) is 45.2 Å². The van der Waals surface area contributed by atoms with Gasteiger partial charge in [0.1, 0.15) is 11.1 Å². The molecular formula is C25H33N3O3. The Balaban J connectivity index is 1.68. The first-order valence-corrected chi connectivity index (χ1v) is 10.8. The second-order valence-corrected chi connectivity index (χ2v) is 9.30. The van der Waals surface area contributed by atoms with E-state index in [1.807, 2.05) is 48.5 Å². The van der Waals surface area contributed by atoms with Crippen LogP contribution in [0.1, 0.15) is 45.2 Å². The number of carbonyl (C=O) groups is 2. The van der Waals surface area contributed by atoms with Crippen molar-refractivity contribution in [1.82, 2.24) is 15.5 Å². The van der Waals surface area contributed by atoms with Gasteiger partial charge in [0, 0.05) is 25.7 Å². The van der Waals surface area contributed by atoms with Crippen molar-refractivity contribution in [1.29, 1.82) is 0 Å². The molecule has 1 aliphatic rings. The lowest BCUT2D eigenvalue weighted by Gasteiger charge is -2.32. The summed E-state index contributed by atoms with van der Waals surface area (Å²) in [5, 5.41) is 5.96. The molecule has 2 aromatic rings. The highest BCUT2D eigenvalue weighted by Crippen LogP contribution is 2.23. The average Bonchev–Trinajstić information content (AvgIpc) is 3.14. The molecule has 166 valence electrons. The fourth-order valence-corrected chi connectivity index (χ4v) is 3.80. The van der Waals surface area contributed by atoms with E-state index in [4.69, 9.17) is 4.74 Å². The van der Waals surface area contributed by atoms with E-state index in [2.05, 4.69) is 27.7 Å².